The second-order valence-corrected chi connectivity index (χ2v) is 23.7. The number of esters is 1. The van der Waals surface area contributed by atoms with E-state index >= 15 is 0 Å². The van der Waals surface area contributed by atoms with Crippen molar-refractivity contribution in [3.63, 3.8) is 0 Å². The van der Waals surface area contributed by atoms with Crippen molar-refractivity contribution in [2.45, 2.75) is 204 Å². The third-order valence-corrected chi connectivity index (χ3v) is 19.7. The van der Waals surface area contributed by atoms with Crippen molar-refractivity contribution in [1.29, 1.82) is 0 Å². The Balaban J connectivity index is 1.10. The molecule has 4 saturated carbocycles. The van der Waals surface area contributed by atoms with Crippen molar-refractivity contribution in [2.75, 3.05) is 26.4 Å². The Hall–Kier alpha value is -2.04. The molecule has 22 nitrogen and oxygen atoms in total. The van der Waals surface area contributed by atoms with Crippen LogP contribution in [0, 0.1) is 50.2 Å². The monoisotopic (exact) mass is 1020 g/mol. The molecule has 3 aliphatic heterocycles. The molecule has 13 N–H and O–H groups in total. The summed E-state index contributed by atoms with van der Waals surface area (Å²) in [5, 5.41) is 143. The van der Waals surface area contributed by atoms with E-state index in [2.05, 4.69) is 26.8 Å². The fourth-order valence-electron chi connectivity index (χ4n) is 15.4. The lowest BCUT2D eigenvalue weighted by Crippen LogP contribution is -2.72. The van der Waals surface area contributed by atoms with Crippen molar-refractivity contribution >= 4 is 11.9 Å². The highest BCUT2D eigenvalue weighted by Crippen LogP contribution is 2.76. The molecule has 71 heavy (non-hydrogen) atoms. The Morgan fingerprint density at radius 2 is 1.38 bits per heavy atom. The molecule has 7 fully saturated rings. The van der Waals surface area contributed by atoms with Gasteiger partial charge in [-0.15, -0.1) is 0 Å². The summed E-state index contributed by atoms with van der Waals surface area (Å²) in [6, 6.07) is 0. The molecule has 406 valence electrons. The maximum Gasteiger partial charge on any atom is 0.335 e. The number of hydrogen-bond acceptors (Lipinski definition) is 21. The van der Waals surface area contributed by atoms with E-state index in [0.29, 0.717) is 32.1 Å². The molecule has 0 radical (unpaired) electrons. The molecular formula is C49H78O22. The fraction of sp³-hybridized carbons (Fsp3) is 0.918. The molecule has 5 aliphatic carbocycles. The Kier molecular flexibility index (Phi) is 15.2. The molecule has 3 saturated heterocycles. The molecule has 26 atom stereocenters. The summed E-state index contributed by atoms with van der Waals surface area (Å²) in [6.45, 7) is 11.3. The molecule has 22 heteroatoms. The first-order valence-corrected chi connectivity index (χ1v) is 25.1. The van der Waals surface area contributed by atoms with Gasteiger partial charge in [-0.2, -0.15) is 0 Å². The highest BCUT2D eigenvalue weighted by molar-refractivity contribution is 5.73. The number of fused-ring (bicyclic) bond motifs is 7. The van der Waals surface area contributed by atoms with Crippen molar-refractivity contribution in [3.8, 4) is 0 Å². The smallest absolute Gasteiger partial charge is 0.335 e. The number of carboxylic acid groups (broad SMARTS) is 1. The van der Waals surface area contributed by atoms with Gasteiger partial charge in [0, 0.05) is 12.3 Å². The van der Waals surface area contributed by atoms with E-state index in [9.17, 15) is 76.0 Å². The number of aliphatic hydroxyl groups excluding tert-OH is 12. The summed E-state index contributed by atoms with van der Waals surface area (Å²) in [6.07, 6.45) is -24.8. The van der Waals surface area contributed by atoms with E-state index in [1.807, 2.05) is 20.8 Å². The molecule has 3 heterocycles. The lowest BCUT2D eigenvalue weighted by Gasteiger charge is -2.72. The van der Waals surface area contributed by atoms with Crippen LogP contribution in [0.2, 0.25) is 0 Å². The van der Waals surface area contributed by atoms with Crippen molar-refractivity contribution < 1.29 is 109 Å². The van der Waals surface area contributed by atoms with Crippen LogP contribution in [-0.4, -0.2) is 215 Å². The van der Waals surface area contributed by atoms with Crippen LogP contribution in [0.15, 0.2) is 11.6 Å². The number of ether oxygens (including phenoxy) is 7. The zero-order valence-corrected chi connectivity index (χ0v) is 41.5. The van der Waals surface area contributed by atoms with Crippen LogP contribution in [-0.2, 0) is 42.7 Å². The molecular weight excluding hydrogens is 941 g/mol. The number of carbonyl (C=O) groups excluding carboxylic acids is 1. The van der Waals surface area contributed by atoms with Gasteiger partial charge >= 0.3 is 11.9 Å². The normalized spacial score (nSPS) is 53.8. The van der Waals surface area contributed by atoms with Gasteiger partial charge in [0.25, 0.3) is 0 Å². The summed E-state index contributed by atoms with van der Waals surface area (Å²) < 4.78 is 41.5. The number of allylic oxidation sites excluding steroid dienone is 2. The maximum atomic E-state index is 13.0. The minimum atomic E-state index is -2.10. The van der Waals surface area contributed by atoms with Gasteiger partial charge in [0.2, 0.25) is 0 Å². The van der Waals surface area contributed by atoms with E-state index in [1.54, 1.807) is 0 Å². The third-order valence-electron chi connectivity index (χ3n) is 19.7. The van der Waals surface area contributed by atoms with Crippen LogP contribution in [0.25, 0.3) is 0 Å². The molecule has 0 aromatic rings. The van der Waals surface area contributed by atoms with E-state index in [4.69, 9.17) is 33.2 Å². The van der Waals surface area contributed by atoms with Gasteiger partial charge in [-0.1, -0.05) is 53.2 Å². The zero-order chi connectivity index (χ0) is 52.3. The Labute approximate surface area is 412 Å². The van der Waals surface area contributed by atoms with Gasteiger partial charge in [-0.25, -0.2) is 4.79 Å². The highest BCUT2D eigenvalue weighted by Gasteiger charge is 2.73. The zero-order valence-electron chi connectivity index (χ0n) is 41.5. The summed E-state index contributed by atoms with van der Waals surface area (Å²) in [7, 11) is 0. The molecule has 0 amide bonds. The molecule has 0 bridgehead atoms. The predicted molar refractivity (Wildman–Crippen MR) is 240 cm³/mol. The molecule has 8 rings (SSSR count). The van der Waals surface area contributed by atoms with Crippen LogP contribution >= 0.6 is 0 Å². The van der Waals surface area contributed by atoms with Crippen LogP contribution in [0.1, 0.15) is 93.4 Å². The first-order chi connectivity index (χ1) is 33.1. The molecule has 8 aliphatic rings. The Morgan fingerprint density at radius 1 is 0.718 bits per heavy atom. The molecule has 0 aromatic carbocycles. The van der Waals surface area contributed by atoms with Crippen molar-refractivity contribution in [3.05, 3.63) is 11.6 Å². The SMILES string of the molecule is CC(=O)O[C@H]1[C@H](O)C(C)(C)C[C@H]2C3=CC[C@@H]4[C@@]5(C)CC[C@H](O[C@@H]6O[C@H](C(=O)O)[C@@H](O[C@@H]7O[C@H](CO)[C@@H](O)[C@H](O)[C@H]7O)[C@H](O)[C@H]6O[C@@H]6OC[C@@H](O)[C@H](O)[C@H]6O)[C@](C)(CO)[C@@H]5CC[C@@]4(C)[C@]3(C)C[C@@H](O)[C@]21CO. The van der Waals surface area contributed by atoms with Crippen LogP contribution < -0.4 is 0 Å². The number of aliphatic carboxylic acids is 1. The topological polar surface area (TPSA) is 362 Å². The fourth-order valence-corrected chi connectivity index (χ4v) is 15.4. The Bertz CT molecular complexity index is 1990. The molecule has 0 aromatic heterocycles. The van der Waals surface area contributed by atoms with Crippen molar-refractivity contribution in [2.24, 2.45) is 50.2 Å². The number of rotatable bonds is 11. The first-order valence-electron chi connectivity index (χ1n) is 25.1. The van der Waals surface area contributed by atoms with Gasteiger partial charge in [0.15, 0.2) is 25.0 Å². The van der Waals surface area contributed by atoms with Gasteiger partial charge in [0.1, 0.15) is 67.1 Å². The van der Waals surface area contributed by atoms with E-state index < -0.39 is 187 Å². The Morgan fingerprint density at radius 3 is 2.00 bits per heavy atom. The highest BCUT2D eigenvalue weighted by atomic mass is 16.8. The standard InChI is InChI=1S/C49H78O22/c1-20(53)66-39-38(62)44(2,3)14-22-21-8-9-26-45(4)12-11-28(46(5,18-51)25(45)10-13-47(26,6)48(21,7)15-27(55)49(22,39)19-52)68-43-36(70-41-32(59)29(56)23(54)17-65-41)34(61)35(37(71-43)40(63)64)69-42-33(60)31(58)30(57)24(16-50)67-42/h8,22-39,41-43,50-52,54-62H,9-19H2,1-7H3,(H,63,64)/t22-,23+,24+,25+,26+,27+,28-,29-,30+,31-,32+,33+,34-,35-,36+,37-,38-,39-,41-,42-,43+,45-,46+,47+,48+,49-/m0/s1. The van der Waals surface area contributed by atoms with E-state index in [-0.39, 0.29) is 24.7 Å². The first kappa shape index (κ1) is 55.2. The summed E-state index contributed by atoms with van der Waals surface area (Å²) in [4.78, 5) is 25.5. The molecule has 0 unspecified atom stereocenters. The van der Waals surface area contributed by atoms with E-state index in [1.165, 1.54) is 6.92 Å². The van der Waals surface area contributed by atoms with Crippen LogP contribution in [0.3, 0.4) is 0 Å². The average Bonchev–Trinajstić information content (AvgIpc) is 3.30. The predicted octanol–water partition coefficient (Wildman–Crippen LogP) is -2.20. The van der Waals surface area contributed by atoms with Crippen molar-refractivity contribution in [1.82, 2.24) is 0 Å². The summed E-state index contributed by atoms with van der Waals surface area (Å²) in [5.74, 6) is -3.02. The summed E-state index contributed by atoms with van der Waals surface area (Å²) >= 11 is 0. The van der Waals surface area contributed by atoms with Gasteiger partial charge < -0.3 is 99.5 Å². The minimum Gasteiger partial charge on any atom is -0.479 e. The summed E-state index contributed by atoms with van der Waals surface area (Å²) in [5.41, 5.74) is -3.67. The molecule has 0 spiro atoms. The number of carboxylic acids is 1. The maximum absolute atomic E-state index is 13.0. The van der Waals surface area contributed by atoms with Gasteiger partial charge in [-0.3, -0.25) is 4.79 Å². The third kappa shape index (κ3) is 8.46. The average molecular weight is 1020 g/mol. The second-order valence-electron chi connectivity index (χ2n) is 23.7. The number of hydrogen-bond donors (Lipinski definition) is 13. The number of carbonyl (C=O) groups is 2. The van der Waals surface area contributed by atoms with Crippen LogP contribution in [0.5, 0.6) is 0 Å². The van der Waals surface area contributed by atoms with Gasteiger partial charge in [0.05, 0.1) is 50.2 Å². The minimum absolute atomic E-state index is 0.0260. The lowest BCUT2D eigenvalue weighted by atomic mass is 9.33. The largest absolute Gasteiger partial charge is 0.479 e. The van der Waals surface area contributed by atoms with Gasteiger partial charge in [-0.05, 0) is 84.4 Å². The van der Waals surface area contributed by atoms with E-state index in [0.717, 1.165) is 5.57 Å². The lowest BCUT2D eigenvalue weighted by molar-refractivity contribution is -0.387. The van der Waals surface area contributed by atoms with Crippen LogP contribution in [0.4, 0.5) is 0 Å². The number of aliphatic hydroxyl groups is 12. The second kappa shape index (κ2) is 19.5. The quantitative estimate of drug-likeness (QED) is 0.0593.